The van der Waals surface area contributed by atoms with Crippen LogP contribution < -0.4 is 10.6 Å². The van der Waals surface area contributed by atoms with Crippen LogP contribution >= 0.6 is 11.3 Å². The molecule has 1 aliphatic rings. The first kappa shape index (κ1) is 21.2. The molecule has 2 aromatic rings. The molecule has 0 saturated carbocycles. The van der Waals surface area contributed by atoms with Crippen molar-refractivity contribution in [3.05, 3.63) is 50.9 Å². The predicted molar refractivity (Wildman–Crippen MR) is 111 cm³/mol. The van der Waals surface area contributed by atoms with Crippen LogP contribution in [0, 0.1) is 10.1 Å². The van der Waals surface area contributed by atoms with E-state index in [1.807, 2.05) is 0 Å². The molecule has 0 radical (unpaired) electrons. The molecule has 0 spiro atoms. The number of nitro benzene ring substituents is 1. The summed E-state index contributed by atoms with van der Waals surface area (Å²) in [5.41, 5.74) is 0.289. The highest BCUT2D eigenvalue weighted by Gasteiger charge is 2.27. The molecule has 3 rings (SSSR count). The number of sulfonamides is 1. The van der Waals surface area contributed by atoms with Crippen LogP contribution in [0.4, 0.5) is 11.4 Å². The van der Waals surface area contributed by atoms with Crippen molar-refractivity contribution in [2.45, 2.75) is 30.0 Å². The van der Waals surface area contributed by atoms with E-state index in [1.54, 1.807) is 19.2 Å². The molecule has 1 aromatic carbocycles. The third kappa shape index (κ3) is 4.74. The van der Waals surface area contributed by atoms with E-state index in [0.29, 0.717) is 23.7 Å². The molecule has 1 saturated heterocycles. The van der Waals surface area contributed by atoms with Crippen molar-refractivity contribution in [3.8, 4) is 0 Å². The Morgan fingerprint density at radius 1 is 1.21 bits per heavy atom. The van der Waals surface area contributed by atoms with Crippen molar-refractivity contribution in [2.75, 3.05) is 25.5 Å². The second kappa shape index (κ2) is 8.89. The number of anilines is 1. The van der Waals surface area contributed by atoms with Crippen LogP contribution in [-0.4, -0.2) is 43.7 Å². The summed E-state index contributed by atoms with van der Waals surface area (Å²) in [5, 5.41) is 16.5. The molecule has 0 bridgehead atoms. The molecule has 0 unspecified atom stereocenters. The maximum Gasteiger partial charge on any atom is 0.293 e. The molecule has 1 aliphatic heterocycles. The van der Waals surface area contributed by atoms with Gasteiger partial charge < -0.3 is 10.6 Å². The minimum Gasteiger partial charge on any atom is -0.383 e. The first-order valence-corrected chi connectivity index (χ1v) is 11.4. The molecule has 0 atom stereocenters. The summed E-state index contributed by atoms with van der Waals surface area (Å²) in [6, 6.07) is 7.41. The van der Waals surface area contributed by atoms with Crippen molar-refractivity contribution in [3.63, 3.8) is 0 Å². The van der Waals surface area contributed by atoms with Gasteiger partial charge in [0.15, 0.2) is 0 Å². The summed E-state index contributed by atoms with van der Waals surface area (Å²) in [5.74, 6) is -0.468. The summed E-state index contributed by atoms with van der Waals surface area (Å²) in [6.07, 6.45) is 2.78. The van der Waals surface area contributed by atoms with Gasteiger partial charge in [0, 0.05) is 36.6 Å². The van der Waals surface area contributed by atoms with Gasteiger partial charge in [0.05, 0.1) is 11.5 Å². The molecule has 1 aromatic heterocycles. The van der Waals surface area contributed by atoms with Gasteiger partial charge >= 0.3 is 0 Å². The quantitative estimate of drug-likeness (QED) is 0.506. The van der Waals surface area contributed by atoms with Crippen molar-refractivity contribution in [1.29, 1.82) is 0 Å². The van der Waals surface area contributed by atoms with Crippen LogP contribution in [-0.2, 0) is 16.6 Å². The number of nitrogens with zero attached hydrogens (tertiary/aromatic N) is 2. The van der Waals surface area contributed by atoms with E-state index >= 15 is 0 Å². The molecule has 11 heteroatoms. The third-order valence-electron chi connectivity index (χ3n) is 4.70. The molecule has 9 nitrogen and oxygen atoms in total. The Balaban J connectivity index is 1.67. The number of nitrogens with one attached hydrogen (secondary N) is 2. The maximum absolute atomic E-state index is 12.7. The molecule has 1 amide bonds. The number of carbonyl (C=O) groups is 1. The van der Waals surface area contributed by atoms with Crippen LogP contribution in [0.25, 0.3) is 0 Å². The Hall–Kier alpha value is -2.50. The monoisotopic (exact) mass is 438 g/mol. The van der Waals surface area contributed by atoms with Gasteiger partial charge in [0.1, 0.15) is 9.90 Å². The van der Waals surface area contributed by atoms with Gasteiger partial charge in [-0.25, -0.2) is 8.42 Å². The maximum atomic E-state index is 12.7. The standard InChI is InChI=1S/C18H22N4O5S2/c1-19-15-7-5-13(11-16(15)22(24)25)18(23)20-12-14-6-8-17(28-14)29(26,27)21-9-3-2-4-10-21/h5-8,11,19H,2-4,9-10,12H2,1H3,(H,20,23). The summed E-state index contributed by atoms with van der Waals surface area (Å²) < 4.78 is 27.2. The SMILES string of the molecule is CNc1ccc(C(=O)NCc2ccc(S(=O)(=O)N3CCCCC3)s2)cc1[N+](=O)[O-]. The Morgan fingerprint density at radius 3 is 2.59 bits per heavy atom. The molecule has 1 fully saturated rings. The average molecular weight is 439 g/mol. The van der Waals surface area contributed by atoms with Gasteiger partial charge in [-0.15, -0.1) is 11.3 Å². The number of carbonyl (C=O) groups excluding carboxylic acids is 1. The number of hydrogen-bond acceptors (Lipinski definition) is 7. The van der Waals surface area contributed by atoms with Crippen molar-refractivity contribution in [1.82, 2.24) is 9.62 Å². The summed E-state index contributed by atoms with van der Waals surface area (Å²) in [6.45, 7) is 1.21. The van der Waals surface area contributed by atoms with Gasteiger partial charge in [-0.2, -0.15) is 4.31 Å². The largest absolute Gasteiger partial charge is 0.383 e. The number of hydrogen-bond donors (Lipinski definition) is 2. The molecule has 2 N–H and O–H groups in total. The highest BCUT2D eigenvalue weighted by atomic mass is 32.2. The van der Waals surface area contributed by atoms with Gasteiger partial charge in [-0.3, -0.25) is 14.9 Å². The van der Waals surface area contributed by atoms with Crippen molar-refractivity contribution in [2.24, 2.45) is 0 Å². The zero-order chi connectivity index (χ0) is 21.0. The summed E-state index contributed by atoms with van der Waals surface area (Å²) in [4.78, 5) is 23.6. The number of amides is 1. The number of thiophene rings is 1. The predicted octanol–water partition coefficient (Wildman–Crippen LogP) is 2.80. The molecule has 0 aliphatic carbocycles. The van der Waals surface area contributed by atoms with Gasteiger partial charge in [0.2, 0.25) is 0 Å². The average Bonchev–Trinajstić information content (AvgIpc) is 3.22. The summed E-state index contributed by atoms with van der Waals surface area (Å²) in [7, 11) is -1.93. The van der Waals surface area contributed by atoms with E-state index in [-0.39, 0.29) is 22.0 Å². The van der Waals surface area contributed by atoms with E-state index in [2.05, 4.69) is 10.6 Å². The number of piperidine rings is 1. The molecule has 156 valence electrons. The minimum atomic E-state index is -3.50. The number of nitro groups is 1. The van der Waals surface area contributed by atoms with Gasteiger partial charge in [-0.05, 0) is 37.1 Å². The van der Waals surface area contributed by atoms with E-state index < -0.39 is 20.9 Å². The highest BCUT2D eigenvalue weighted by molar-refractivity contribution is 7.91. The second-order valence-corrected chi connectivity index (χ2v) is 9.94. The third-order valence-corrected chi connectivity index (χ3v) is 8.15. The fourth-order valence-electron chi connectivity index (χ4n) is 3.13. The zero-order valence-corrected chi connectivity index (χ0v) is 17.5. The lowest BCUT2D eigenvalue weighted by Gasteiger charge is -2.25. The lowest BCUT2D eigenvalue weighted by Crippen LogP contribution is -2.35. The smallest absolute Gasteiger partial charge is 0.293 e. The van der Waals surface area contributed by atoms with Gasteiger partial charge in [0.25, 0.3) is 21.6 Å². The van der Waals surface area contributed by atoms with E-state index in [4.69, 9.17) is 0 Å². The Kier molecular flexibility index (Phi) is 6.50. The first-order valence-electron chi connectivity index (χ1n) is 9.16. The van der Waals surface area contributed by atoms with Gasteiger partial charge in [-0.1, -0.05) is 6.42 Å². The molecule has 2 heterocycles. The number of benzene rings is 1. The van der Waals surface area contributed by atoms with Crippen LogP contribution in [0.5, 0.6) is 0 Å². The normalized spacial score (nSPS) is 15.1. The van der Waals surface area contributed by atoms with E-state index in [9.17, 15) is 23.3 Å². The highest BCUT2D eigenvalue weighted by Crippen LogP contribution is 2.28. The molecular formula is C18H22N4O5S2. The second-order valence-electron chi connectivity index (χ2n) is 6.61. The summed E-state index contributed by atoms with van der Waals surface area (Å²) >= 11 is 1.12. The molecule has 29 heavy (non-hydrogen) atoms. The van der Waals surface area contributed by atoms with E-state index in [1.165, 1.54) is 22.5 Å². The Labute approximate surface area is 172 Å². The fourth-order valence-corrected chi connectivity index (χ4v) is 6.10. The lowest BCUT2D eigenvalue weighted by molar-refractivity contribution is -0.384. The van der Waals surface area contributed by atoms with Crippen LogP contribution in [0.1, 0.15) is 34.5 Å². The topological polar surface area (TPSA) is 122 Å². The van der Waals surface area contributed by atoms with Crippen LogP contribution in [0.2, 0.25) is 0 Å². The first-order chi connectivity index (χ1) is 13.8. The fraction of sp³-hybridized carbons (Fsp3) is 0.389. The minimum absolute atomic E-state index is 0.139. The zero-order valence-electron chi connectivity index (χ0n) is 15.9. The lowest BCUT2D eigenvalue weighted by atomic mass is 10.1. The molecular weight excluding hydrogens is 416 g/mol. The van der Waals surface area contributed by atoms with Crippen molar-refractivity contribution >= 4 is 38.6 Å². The Morgan fingerprint density at radius 2 is 1.93 bits per heavy atom. The number of rotatable bonds is 7. The Bertz CT molecular complexity index is 1010. The van der Waals surface area contributed by atoms with E-state index in [0.717, 1.165) is 30.6 Å². The van der Waals surface area contributed by atoms with Crippen molar-refractivity contribution < 1.29 is 18.1 Å². The van der Waals surface area contributed by atoms with Crippen LogP contribution in [0.3, 0.4) is 0 Å². The van der Waals surface area contributed by atoms with Crippen LogP contribution in [0.15, 0.2) is 34.5 Å².